The lowest BCUT2D eigenvalue weighted by molar-refractivity contribution is -0.122. The zero-order chi connectivity index (χ0) is 18.7. The Bertz CT molecular complexity index is 797. The van der Waals surface area contributed by atoms with Gasteiger partial charge in [0.25, 0.3) is 0 Å². The van der Waals surface area contributed by atoms with Gasteiger partial charge in [0.15, 0.2) is 0 Å². The number of fused-ring (bicyclic) bond motifs is 1. The molecule has 0 radical (unpaired) electrons. The van der Waals surface area contributed by atoms with Crippen LogP contribution < -0.4 is 10.6 Å². The highest BCUT2D eigenvalue weighted by Gasteiger charge is 2.37. The van der Waals surface area contributed by atoms with E-state index in [0.29, 0.717) is 13.0 Å². The quantitative estimate of drug-likeness (QED) is 0.827. The van der Waals surface area contributed by atoms with E-state index in [1.165, 1.54) is 16.8 Å². The number of rotatable bonds is 2. The molecule has 1 amide bonds. The van der Waals surface area contributed by atoms with Gasteiger partial charge in [-0.15, -0.1) is 0 Å². The normalized spacial score (nSPS) is 20.0. The first kappa shape index (κ1) is 18.3. The molecule has 0 unspecified atom stereocenters. The maximum Gasteiger partial charge on any atom is 0.222 e. The highest BCUT2D eigenvalue weighted by molar-refractivity contribution is 6.30. The number of halogens is 1. The Labute approximate surface area is 165 Å². The zero-order valence-corrected chi connectivity index (χ0v) is 16.3. The van der Waals surface area contributed by atoms with Crippen molar-refractivity contribution in [3.05, 3.63) is 64.7 Å². The third kappa shape index (κ3) is 4.45. The third-order valence-corrected chi connectivity index (χ3v) is 6.02. The van der Waals surface area contributed by atoms with Crippen LogP contribution in [0.5, 0.6) is 0 Å². The van der Waals surface area contributed by atoms with Crippen LogP contribution in [0.1, 0.15) is 30.4 Å². The van der Waals surface area contributed by atoms with Gasteiger partial charge in [0.2, 0.25) is 5.91 Å². The minimum absolute atomic E-state index is 0.154. The summed E-state index contributed by atoms with van der Waals surface area (Å²) in [5.74, 6) is 0.154. The van der Waals surface area contributed by atoms with Crippen molar-refractivity contribution in [3.8, 4) is 0 Å². The minimum atomic E-state index is -0.166. The number of para-hydroxylation sites is 1. The van der Waals surface area contributed by atoms with Crippen molar-refractivity contribution < 1.29 is 4.79 Å². The Kier molecular flexibility index (Phi) is 5.37. The molecule has 0 saturated carbocycles. The average molecular weight is 384 g/mol. The fourth-order valence-corrected chi connectivity index (χ4v) is 4.31. The van der Waals surface area contributed by atoms with Crippen molar-refractivity contribution in [2.75, 3.05) is 25.0 Å². The molecule has 27 heavy (non-hydrogen) atoms. The zero-order valence-electron chi connectivity index (χ0n) is 15.5. The Balaban J connectivity index is 1.47. The first-order valence-electron chi connectivity index (χ1n) is 9.72. The van der Waals surface area contributed by atoms with Crippen LogP contribution in [0.4, 0.5) is 5.69 Å². The molecule has 2 aliphatic heterocycles. The monoisotopic (exact) mass is 383 g/mol. The molecule has 2 aliphatic rings. The topological polar surface area (TPSA) is 44.4 Å². The van der Waals surface area contributed by atoms with E-state index in [2.05, 4.69) is 51.9 Å². The summed E-state index contributed by atoms with van der Waals surface area (Å²) in [5.41, 5.74) is 3.57. The van der Waals surface area contributed by atoms with Gasteiger partial charge in [-0.3, -0.25) is 9.69 Å². The molecular formula is C22H26ClN3O. The molecule has 2 aromatic carbocycles. The van der Waals surface area contributed by atoms with Crippen LogP contribution >= 0.6 is 11.6 Å². The molecule has 2 aromatic rings. The van der Waals surface area contributed by atoms with Crippen molar-refractivity contribution in [2.24, 2.45) is 0 Å². The molecule has 2 heterocycles. The van der Waals surface area contributed by atoms with E-state index in [0.717, 1.165) is 43.9 Å². The largest absolute Gasteiger partial charge is 0.379 e. The second-order valence-electron chi connectivity index (χ2n) is 7.74. The van der Waals surface area contributed by atoms with Crippen LogP contribution in [0.25, 0.3) is 0 Å². The van der Waals surface area contributed by atoms with E-state index in [-0.39, 0.29) is 11.4 Å². The SMILES string of the molecule is O=C1CC2(CCN(Cc3ccc(Cl)cc3)CC2)Nc2ccccc2CCN1. The van der Waals surface area contributed by atoms with Crippen molar-refractivity contribution in [2.45, 2.75) is 37.8 Å². The van der Waals surface area contributed by atoms with Gasteiger partial charge in [0, 0.05) is 48.8 Å². The molecule has 4 nitrogen and oxygen atoms in total. The third-order valence-electron chi connectivity index (χ3n) is 5.77. The number of piperidine rings is 1. The second kappa shape index (κ2) is 7.91. The summed E-state index contributed by atoms with van der Waals surface area (Å²) < 4.78 is 0. The van der Waals surface area contributed by atoms with E-state index in [1.54, 1.807) is 0 Å². The highest BCUT2D eigenvalue weighted by atomic mass is 35.5. The molecule has 4 rings (SSSR count). The summed E-state index contributed by atoms with van der Waals surface area (Å²) in [5, 5.41) is 7.63. The summed E-state index contributed by atoms with van der Waals surface area (Å²) in [7, 11) is 0. The van der Waals surface area contributed by atoms with Gasteiger partial charge < -0.3 is 10.6 Å². The number of nitrogens with one attached hydrogen (secondary N) is 2. The van der Waals surface area contributed by atoms with E-state index >= 15 is 0 Å². The molecule has 0 atom stereocenters. The lowest BCUT2D eigenvalue weighted by atomic mass is 9.83. The van der Waals surface area contributed by atoms with E-state index in [4.69, 9.17) is 11.6 Å². The predicted octanol–water partition coefficient (Wildman–Crippen LogP) is 3.85. The first-order valence-corrected chi connectivity index (χ1v) is 10.1. The van der Waals surface area contributed by atoms with Crippen molar-refractivity contribution in [1.82, 2.24) is 10.2 Å². The van der Waals surface area contributed by atoms with Crippen LogP contribution in [-0.2, 0) is 17.8 Å². The second-order valence-corrected chi connectivity index (χ2v) is 8.18. The molecule has 5 heteroatoms. The number of anilines is 1. The van der Waals surface area contributed by atoms with Crippen LogP contribution in [0.2, 0.25) is 5.02 Å². The van der Waals surface area contributed by atoms with Gasteiger partial charge >= 0.3 is 0 Å². The molecule has 1 saturated heterocycles. The number of nitrogens with zero attached hydrogens (tertiary/aromatic N) is 1. The Morgan fingerprint density at radius 3 is 2.56 bits per heavy atom. The summed E-state index contributed by atoms with van der Waals surface area (Å²) in [4.78, 5) is 14.9. The van der Waals surface area contributed by atoms with Crippen LogP contribution in [-0.4, -0.2) is 36.0 Å². The number of benzene rings is 2. The van der Waals surface area contributed by atoms with Gasteiger partial charge in [0.1, 0.15) is 0 Å². The molecular weight excluding hydrogens is 358 g/mol. The van der Waals surface area contributed by atoms with E-state index < -0.39 is 0 Å². The van der Waals surface area contributed by atoms with Gasteiger partial charge in [-0.1, -0.05) is 41.9 Å². The first-order chi connectivity index (χ1) is 13.1. The van der Waals surface area contributed by atoms with Crippen LogP contribution in [0, 0.1) is 0 Å². The van der Waals surface area contributed by atoms with E-state index in [1.807, 2.05) is 12.1 Å². The molecule has 0 aromatic heterocycles. The van der Waals surface area contributed by atoms with Crippen LogP contribution in [0.15, 0.2) is 48.5 Å². The standard InChI is InChI=1S/C22H26ClN3O/c23-19-7-5-17(6-8-19)16-26-13-10-22(11-14-26)15-21(27)24-12-9-18-3-1-2-4-20(18)25-22/h1-8,25H,9-16H2,(H,24,27). The molecule has 1 fully saturated rings. The molecule has 2 N–H and O–H groups in total. The fourth-order valence-electron chi connectivity index (χ4n) is 4.19. The van der Waals surface area contributed by atoms with Gasteiger partial charge in [0.05, 0.1) is 0 Å². The van der Waals surface area contributed by atoms with Crippen molar-refractivity contribution >= 4 is 23.2 Å². The summed E-state index contributed by atoms with van der Waals surface area (Å²) in [6, 6.07) is 16.5. The van der Waals surface area contributed by atoms with Crippen molar-refractivity contribution in [3.63, 3.8) is 0 Å². The Morgan fingerprint density at radius 1 is 1.04 bits per heavy atom. The highest BCUT2D eigenvalue weighted by Crippen LogP contribution is 2.33. The maximum absolute atomic E-state index is 12.4. The number of hydrogen-bond donors (Lipinski definition) is 2. The molecule has 1 spiro atoms. The number of carbonyl (C=O) groups excluding carboxylic acids is 1. The van der Waals surface area contributed by atoms with E-state index in [9.17, 15) is 4.79 Å². The molecule has 0 aliphatic carbocycles. The fraction of sp³-hybridized carbons (Fsp3) is 0.409. The Hall–Kier alpha value is -2.04. The lowest BCUT2D eigenvalue weighted by Gasteiger charge is -2.43. The molecule has 142 valence electrons. The summed E-state index contributed by atoms with van der Waals surface area (Å²) >= 11 is 5.99. The van der Waals surface area contributed by atoms with Gasteiger partial charge in [-0.2, -0.15) is 0 Å². The van der Waals surface area contributed by atoms with Crippen molar-refractivity contribution in [1.29, 1.82) is 0 Å². The van der Waals surface area contributed by atoms with Crippen LogP contribution in [0.3, 0.4) is 0 Å². The van der Waals surface area contributed by atoms with Gasteiger partial charge in [-0.05, 0) is 48.6 Å². The number of likely N-dealkylation sites (tertiary alicyclic amines) is 1. The predicted molar refractivity (Wildman–Crippen MR) is 110 cm³/mol. The number of amides is 1. The maximum atomic E-state index is 12.4. The lowest BCUT2D eigenvalue weighted by Crippen LogP contribution is -2.51. The number of carbonyl (C=O) groups is 1. The summed E-state index contributed by atoms with van der Waals surface area (Å²) in [6.07, 6.45) is 3.33. The number of hydrogen-bond acceptors (Lipinski definition) is 3. The van der Waals surface area contributed by atoms with Gasteiger partial charge in [-0.25, -0.2) is 0 Å². The minimum Gasteiger partial charge on any atom is -0.379 e. The smallest absolute Gasteiger partial charge is 0.222 e. The molecule has 0 bridgehead atoms. The Morgan fingerprint density at radius 2 is 1.78 bits per heavy atom. The summed E-state index contributed by atoms with van der Waals surface area (Å²) in [6.45, 7) is 3.59. The average Bonchev–Trinajstić information content (AvgIpc) is 2.73.